The Hall–Kier alpha value is -1.96. The standard InChI is InChI=1S/C14H18BrNO6/c1-16(6-5-10(17)18)14(19)8-7-9(20-2)12(21-3)13(22-4)11(8)15/h7H,5-6H2,1-4H3,(H,17,18). The van der Waals surface area contributed by atoms with Gasteiger partial charge in [-0.25, -0.2) is 0 Å². The highest BCUT2D eigenvalue weighted by atomic mass is 79.9. The fourth-order valence-electron chi connectivity index (χ4n) is 1.85. The summed E-state index contributed by atoms with van der Waals surface area (Å²) in [5, 5.41) is 8.70. The lowest BCUT2D eigenvalue weighted by Crippen LogP contribution is -2.29. The minimum Gasteiger partial charge on any atom is -0.493 e. The van der Waals surface area contributed by atoms with Gasteiger partial charge >= 0.3 is 5.97 Å². The molecule has 7 nitrogen and oxygen atoms in total. The number of carbonyl (C=O) groups excluding carboxylic acids is 1. The van der Waals surface area contributed by atoms with Gasteiger partial charge in [-0.05, 0) is 22.0 Å². The molecular formula is C14H18BrNO6. The van der Waals surface area contributed by atoms with Crippen LogP contribution in [0.5, 0.6) is 17.2 Å². The van der Waals surface area contributed by atoms with Crippen molar-refractivity contribution in [2.45, 2.75) is 6.42 Å². The summed E-state index contributed by atoms with van der Waals surface area (Å²) in [6.07, 6.45) is -0.135. The van der Waals surface area contributed by atoms with E-state index in [4.69, 9.17) is 19.3 Å². The number of carboxylic acid groups (broad SMARTS) is 1. The molecule has 0 fully saturated rings. The van der Waals surface area contributed by atoms with Gasteiger partial charge in [-0.15, -0.1) is 0 Å². The lowest BCUT2D eigenvalue weighted by Gasteiger charge is -2.20. The lowest BCUT2D eigenvalue weighted by molar-refractivity contribution is -0.137. The molecule has 0 aromatic heterocycles. The van der Waals surface area contributed by atoms with E-state index in [1.54, 1.807) is 0 Å². The molecule has 0 aliphatic heterocycles. The molecule has 0 aliphatic carbocycles. The zero-order chi connectivity index (χ0) is 16.9. The van der Waals surface area contributed by atoms with Crippen molar-refractivity contribution in [1.29, 1.82) is 0 Å². The first-order valence-corrected chi connectivity index (χ1v) is 7.12. The zero-order valence-electron chi connectivity index (χ0n) is 12.8. The number of hydrogen-bond acceptors (Lipinski definition) is 5. The molecule has 1 aromatic rings. The molecule has 0 atom stereocenters. The number of nitrogens with zero attached hydrogens (tertiary/aromatic N) is 1. The van der Waals surface area contributed by atoms with Crippen LogP contribution in [0.3, 0.4) is 0 Å². The Labute approximate surface area is 136 Å². The van der Waals surface area contributed by atoms with Crippen molar-refractivity contribution in [2.24, 2.45) is 0 Å². The van der Waals surface area contributed by atoms with Crippen molar-refractivity contribution in [3.05, 3.63) is 16.1 Å². The number of carbonyl (C=O) groups is 2. The van der Waals surface area contributed by atoms with Gasteiger partial charge < -0.3 is 24.2 Å². The minimum absolute atomic E-state index is 0.0945. The highest BCUT2D eigenvalue weighted by Crippen LogP contribution is 2.44. The van der Waals surface area contributed by atoms with E-state index in [1.807, 2.05) is 0 Å². The normalized spacial score (nSPS) is 10.0. The van der Waals surface area contributed by atoms with Gasteiger partial charge in [0, 0.05) is 13.6 Å². The monoisotopic (exact) mass is 375 g/mol. The lowest BCUT2D eigenvalue weighted by atomic mass is 10.1. The second kappa shape index (κ2) is 7.88. The maximum atomic E-state index is 12.5. The number of methoxy groups -OCH3 is 3. The Balaban J connectivity index is 3.23. The van der Waals surface area contributed by atoms with Crippen molar-refractivity contribution >= 4 is 27.8 Å². The van der Waals surface area contributed by atoms with E-state index in [0.717, 1.165) is 0 Å². The van der Waals surface area contributed by atoms with Gasteiger partial charge in [-0.2, -0.15) is 0 Å². The van der Waals surface area contributed by atoms with E-state index in [0.29, 0.717) is 27.3 Å². The average Bonchev–Trinajstić information content (AvgIpc) is 2.50. The summed E-state index contributed by atoms with van der Waals surface area (Å²) in [7, 11) is 5.90. The van der Waals surface area contributed by atoms with Crippen molar-refractivity contribution < 1.29 is 28.9 Å². The number of carboxylic acids is 1. The minimum atomic E-state index is -0.969. The predicted octanol–water partition coefficient (Wildman–Crippen LogP) is 2.02. The molecule has 1 rings (SSSR count). The van der Waals surface area contributed by atoms with Crippen LogP contribution in [0.1, 0.15) is 16.8 Å². The quantitative estimate of drug-likeness (QED) is 0.784. The largest absolute Gasteiger partial charge is 0.493 e. The molecule has 1 aromatic carbocycles. The Morgan fingerprint density at radius 1 is 1.18 bits per heavy atom. The van der Waals surface area contributed by atoms with E-state index >= 15 is 0 Å². The maximum Gasteiger partial charge on any atom is 0.305 e. The van der Waals surface area contributed by atoms with Crippen LogP contribution in [0, 0.1) is 0 Å². The number of aliphatic carboxylic acids is 1. The van der Waals surface area contributed by atoms with Gasteiger partial charge in [-0.3, -0.25) is 9.59 Å². The van der Waals surface area contributed by atoms with Crippen LogP contribution in [0.2, 0.25) is 0 Å². The van der Waals surface area contributed by atoms with Crippen molar-refractivity contribution in [3.8, 4) is 17.2 Å². The van der Waals surface area contributed by atoms with E-state index < -0.39 is 5.97 Å². The molecule has 0 aliphatic rings. The summed E-state index contributed by atoms with van der Waals surface area (Å²) in [5.74, 6) is -0.285. The molecule has 122 valence electrons. The molecule has 0 saturated carbocycles. The van der Waals surface area contributed by atoms with Gasteiger partial charge in [-0.1, -0.05) is 0 Å². The number of amides is 1. The molecule has 0 radical (unpaired) electrons. The van der Waals surface area contributed by atoms with Crippen LogP contribution >= 0.6 is 15.9 Å². The Morgan fingerprint density at radius 2 is 1.77 bits per heavy atom. The number of rotatable bonds is 7. The predicted molar refractivity (Wildman–Crippen MR) is 83.0 cm³/mol. The van der Waals surface area contributed by atoms with Crippen molar-refractivity contribution in [2.75, 3.05) is 34.9 Å². The third-order valence-electron chi connectivity index (χ3n) is 3.01. The Morgan fingerprint density at radius 3 is 2.23 bits per heavy atom. The average molecular weight is 376 g/mol. The molecule has 0 spiro atoms. The molecule has 0 heterocycles. The summed E-state index contributed by atoms with van der Waals surface area (Å²) in [5.41, 5.74) is 0.294. The van der Waals surface area contributed by atoms with Crippen LogP contribution in [0.15, 0.2) is 10.5 Å². The zero-order valence-corrected chi connectivity index (χ0v) is 14.4. The van der Waals surface area contributed by atoms with Gasteiger partial charge in [0.15, 0.2) is 11.5 Å². The second-order valence-corrected chi connectivity index (χ2v) is 5.17. The fourth-order valence-corrected chi connectivity index (χ4v) is 2.47. The van der Waals surface area contributed by atoms with Gasteiger partial charge in [0.2, 0.25) is 5.75 Å². The number of benzene rings is 1. The molecule has 0 bridgehead atoms. The Kier molecular flexibility index (Phi) is 6.48. The summed E-state index contributed by atoms with van der Waals surface area (Å²) in [6.45, 7) is 0.0945. The van der Waals surface area contributed by atoms with Crippen molar-refractivity contribution in [1.82, 2.24) is 4.90 Å². The molecule has 1 N–H and O–H groups in total. The number of ether oxygens (including phenoxy) is 3. The van der Waals surface area contributed by atoms with Gasteiger partial charge in [0.05, 0.1) is 37.8 Å². The first-order chi connectivity index (χ1) is 10.4. The highest BCUT2D eigenvalue weighted by Gasteiger charge is 2.24. The van der Waals surface area contributed by atoms with Crippen LogP contribution in [-0.4, -0.2) is 56.8 Å². The molecule has 0 unspecified atom stereocenters. The van der Waals surface area contributed by atoms with Gasteiger partial charge in [0.1, 0.15) is 0 Å². The van der Waals surface area contributed by atoms with Crippen molar-refractivity contribution in [3.63, 3.8) is 0 Å². The number of hydrogen-bond donors (Lipinski definition) is 1. The van der Waals surface area contributed by atoms with Crippen LogP contribution in [0.25, 0.3) is 0 Å². The fraction of sp³-hybridized carbons (Fsp3) is 0.429. The smallest absolute Gasteiger partial charge is 0.305 e. The molecule has 22 heavy (non-hydrogen) atoms. The summed E-state index contributed by atoms with van der Waals surface area (Å²) in [4.78, 5) is 24.4. The van der Waals surface area contributed by atoms with E-state index in [9.17, 15) is 9.59 Å². The number of halogens is 1. The summed E-state index contributed by atoms with van der Waals surface area (Å²) in [6, 6.07) is 1.52. The summed E-state index contributed by atoms with van der Waals surface area (Å²) < 4.78 is 16.1. The molecular weight excluding hydrogens is 358 g/mol. The highest BCUT2D eigenvalue weighted by molar-refractivity contribution is 9.10. The first kappa shape index (κ1) is 18.1. The molecule has 1 amide bonds. The van der Waals surface area contributed by atoms with Gasteiger partial charge in [0.25, 0.3) is 5.91 Å². The van der Waals surface area contributed by atoms with E-state index in [-0.39, 0.29) is 18.9 Å². The topological polar surface area (TPSA) is 85.3 Å². The van der Waals surface area contributed by atoms with Crippen LogP contribution in [-0.2, 0) is 4.79 Å². The van der Waals surface area contributed by atoms with E-state index in [1.165, 1.54) is 39.3 Å². The SMILES string of the molecule is COc1cc(C(=O)N(C)CCC(=O)O)c(Br)c(OC)c1OC. The molecule has 0 saturated heterocycles. The molecule has 8 heteroatoms. The third kappa shape index (κ3) is 3.82. The van der Waals surface area contributed by atoms with Crippen LogP contribution < -0.4 is 14.2 Å². The first-order valence-electron chi connectivity index (χ1n) is 6.33. The third-order valence-corrected chi connectivity index (χ3v) is 3.79. The Bertz CT molecular complexity index is 575. The second-order valence-electron chi connectivity index (χ2n) is 4.38. The summed E-state index contributed by atoms with van der Waals surface area (Å²) >= 11 is 3.32. The van der Waals surface area contributed by atoms with Crippen LogP contribution in [0.4, 0.5) is 0 Å². The van der Waals surface area contributed by atoms with E-state index in [2.05, 4.69) is 15.9 Å². The maximum absolute atomic E-state index is 12.5.